The van der Waals surface area contributed by atoms with E-state index in [-0.39, 0.29) is 11.8 Å². The van der Waals surface area contributed by atoms with Crippen molar-refractivity contribution in [2.24, 2.45) is 17.8 Å². The Bertz CT molecular complexity index is 303. The van der Waals surface area contributed by atoms with Crippen molar-refractivity contribution in [3.63, 3.8) is 0 Å². The Morgan fingerprint density at radius 1 is 1.18 bits per heavy atom. The van der Waals surface area contributed by atoms with E-state index in [1.807, 2.05) is 0 Å². The number of amides is 1. The van der Waals surface area contributed by atoms with Gasteiger partial charge in [0.1, 0.15) is 0 Å². The SMILES string of the molecule is C=C(Cl)CNC(=O)C1CCC2CCCCC2C1. The first-order valence-electron chi connectivity index (χ1n) is 6.78. The van der Waals surface area contributed by atoms with Crippen molar-refractivity contribution in [1.82, 2.24) is 5.32 Å². The van der Waals surface area contributed by atoms with E-state index in [1.165, 1.54) is 32.1 Å². The van der Waals surface area contributed by atoms with Gasteiger partial charge in [0.15, 0.2) is 0 Å². The van der Waals surface area contributed by atoms with Crippen LogP contribution in [0.2, 0.25) is 0 Å². The fourth-order valence-corrected chi connectivity index (χ4v) is 3.51. The van der Waals surface area contributed by atoms with Gasteiger partial charge in [-0.3, -0.25) is 4.79 Å². The Morgan fingerprint density at radius 3 is 2.59 bits per heavy atom. The van der Waals surface area contributed by atoms with Crippen molar-refractivity contribution in [1.29, 1.82) is 0 Å². The molecule has 0 heterocycles. The summed E-state index contributed by atoms with van der Waals surface area (Å²) >= 11 is 5.66. The average Bonchev–Trinajstić information content (AvgIpc) is 2.35. The summed E-state index contributed by atoms with van der Waals surface area (Å²) in [6.45, 7) is 4.00. The summed E-state index contributed by atoms with van der Waals surface area (Å²) in [7, 11) is 0. The molecule has 2 nitrogen and oxygen atoms in total. The Kier molecular flexibility index (Phi) is 4.49. The molecule has 0 aromatic carbocycles. The van der Waals surface area contributed by atoms with Crippen LogP contribution in [0.4, 0.5) is 0 Å². The van der Waals surface area contributed by atoms with Crippen LogP contribution in [0.25, 0.3) is 0 Å². The number of carbonyl (C=O) groups excluding carboxylic acids is 1. The number of hydrogen-bond acceptors (Lipinski definition) is 1. The van der Waals surface area contributed by atoms with Gasteiger partial charge in [-0.05, 0) is 31.1 Å². The molecule has 2 aliphatic rings. The zero-order valence-electron chi connectivity index (χ0n) is 10.4. The first-order valence-corrected chi connectivity index (χ1v) is 7.15. The highest BCUT2D eigenvalue weighted by Gasteiger charge is 2.34. The molecule has 0 aliphatic heterocycles. The van der Waals surface area contributed by atoms with Crippen molar-refractivity contribution in [2.75, 3.05) is 6.54 Å². The predicted molar refractivity (Wildman–Crippen MR) is 70.8 cm³/mol. The molecule has 0 bridgehead atoms. The van der Waals surface area contributed by atoms with Crippen LogP contribution in [0.1, 0.15) is 44.9 Å². The van der Waals surface area contributed by atoms with Gasteiger partial charge in [0, 0.05) is 11.0 Å². The van der Waals surface area contributed by atoms with E-state index in [2.05, 4.69) is 11.9 Å². The molecule has 17 heavy (non-hydrogen) atoms. The number of hydrogen-bond donors (Lipinski definition) is 1. The second-order valence-electron chi connectivity index (χ2n) is 5.55. The molecule has 3 heteroatoms. The van der Waals surface area contributed by atoms with Gasteiger partial charge in [-0.2, -0.15) is 0 Å². The number of rotatable bonds is 3. The molecule has 96 valence electrons. The molecule has 2 aliphatic carbocycles. The lowest BCUT2D eigenvalue weighted by molar-refractivity contribution is -0.127. The average molecular weight is 256 g/mol. The third-order valence-corrected chi connectivity index (χ3v) is 4.50. The van der Waals surface area contributed by atoms with Gasteiger partial charge < -0.3 is 5.32 Å². The van der Waals surface area contributed by atoms with Crippen LogP contribution in [-0.4, -0.2) is 12.5 Å². The summed E-state index contributed by atoms with van der Waals surface area (Å²) in [6, 6.07) is 0. The molecule has 0 radical (unpaired) electrons. The van der Waals surface area contributed by atoms with Crippen LogP contribution < -0.4 is 5.32 Å². The van der Waals surface area contributed by atoms with E-state index in [0.717, 1.165) is 24.7 Å². The molecule has 2 rings (SSSR count). The molecule has 0 saturated heterocycles. The van der Waals surface area contributed by atoms with Crippen LogP contribution in [0.3, 0.4) is 0 Å². The third-order valence-electron chi connectivity index (χ3n) is 4.36. The Balaban J connectivity index is 1.82. The van der Waals surface area contributed by atoms with Gasteiger partial charge in [0.2, 0.25) is 5.91 Å². The first kappa shape index (κ1) is 12.9. The monoisotopic (exact) mass is 255 g/mol. The molecule has 0 aromatic rings. The maximum atomic E-state index is 12.0. The van der Waals surface area contributed by atoms with E-state index < -0.39 is 0 Å². The maximum Gasteiger partial charge on any atom is 0.223 e. The van der Waals surface area contributed by atoms with E-state index >= 15 is 0 Å². The zero-order chi connectivity index (χ0) is 12.3. The van der Waals surface area contributed by atoms with E-state index in [4.69, 9.17) is 11.6 Å². The normalized spacial score (nSPS) is 32.6. The van der Waals surface area contributed by atoms with Crippen LogP contribution in [0.15, 0.2) is 11.6 Å². The highest BCUT2D eigenvalue weighted by Crippen LogP contribution is 2.42. The van der Waals surface area contributed by atoms with Crippen molar-refractivity contribution < 1.29 is 4.79 Å². The van der Waals surface area contributed by atoms with E-state index in [1.54, 1.807) is 0 Å². The van der Waals surface area contributed by atoms with Crippen molar-refractivity contribution in [3.05, 3.63) is 11.6 Å². The van der Waals surface area contributed by atoms with Gasteiger partial charge in [0.25, 0.3) is 0 Å². The molecule has 3 atom stereocenters. The summed E-state index contributed by atoms with van der Waals surface area (Å²) in [5.41, 5.74) is 0. The quantitative estimate of drug-likeness (QED) is 0.822. The standard InChI is InChI=1S/C14H22ClNO/c1-10(15)9-16-14(17)13-7-6-11-4-2-3-5-12(11)8-13/h11-13H,1-9H2,(H,16,17). The van der Waals surface area contributed by atoms with Crippen LogP contribution >= 0.6 is 11.6 Å². The number of halogens is 1. The minimum absolute atomic E-state index is 0.177. The molecule has 2 saturated carbocycles. The lowest BCUT2D eigenvalue weighted by atomic mass is 9.67. The summed E-state index contributed by atoms with van der Waals surface area (Å²) in [6.07, 6.45) is 8.85. The summed E-state index contributed by atoms with van der Waals surface area (Å²) in [5, 5.41) is 3.38. The summed E-state index contributed by atoms with van der Waals surface area (Å²) in [5.74, 6) is 2.09. The minimum atomic E-state index is 0.177. The second-order valence-corrected chi connectivity index (χ2v) is 6.08. The Hall–Kier alpha value is -0.500. The van der Waals surface area contributed by atoms with Gasteiger partial charge in [-0.1, -0.05) is 43.9 Å². The molecule has 2 fully saturated rings. The number of fused-ring (bicyclic) bond motifs is 1. The lowest BCUT2D eigenvalue weighted by Gasteiger charge is -2.38. The predicted octanol–water partition coefficient (Wildman–Crippen LogP) is 3.46. The highest BCUT2D eigenvalue weighted by atomic mass is 35.5. The topological polar surface area (TPSA) is 29.1 Å². The van der Waals surface area contributed by atoms with Crippen molar-refractivity contribution in [3.8, 4) is 0 Å². The zero-order valence-corrected chi connectivity index (χ0v) is 11.1. The Labute approximate surface area is 109 Å². The maximum absolute atomic E-state index is 12.0. The smallest absolute Gasteiger partial charge is 0.223 e. The third kappa shape index (κ3) is 3.48. The minimum Gasteiger partial charge on any atom is -0.351 e. The molecule has 1 amide bonds. The molecular formula is C14H22ClNO. The molecule has 0 spiro atoms. The first-order chi connectivity index (χ1) is 8.16. The fourth-order valence-electron chi connectivity index (χ4n) is 3.44. The second kappa shape index (κ2) is 5.90. The number of nitrogens with one attached hydrogen (secondary N) is 1. The molecule has 1 N–H and O–H groups in total. The van der Waals surface area contributed by atoms with Crippen LogP contribution in [-0.2, 0) is 4.79 Å². The Morgan fingerprint density at radius 2 is 1.88 bits per heavy atom. The number of carbonyl (C=O) groups is 1. The summed E-state index contributed by atoms with van der Waals surface area (Å²) < 4.78 is 0. The van der Waals surface area contributed by atoms with Crippen molar-refractivity contribution in [2.45, 2.75) is 44.9 Å². The van der Waals surface area contributed by atoms with E-state index in [0.29, 0.717) is 11.6 Å². The van der Waals surface area contributed by atoms with Gasteiger partial charge >= 0.3 is 0 Å². The van der Waals surface area contributed by atoms with Gasteiger partial charge in [0.05, 0.1) is 6.54 Å². The van der Waals surface area contributed by atoms with Gasteiger partial charge in [-0.25, -0.2) is 0 Å². The molecule has 0 aromatic heterocycles. The van der Waals surface area contributed by atoms with E-state index in [9.17, 15) is 4.79 Å². The van der Waals surface area contributed by atoms with Crippen LogP contribution in [0.5, 0.6) is 0 Å². The van der Waals surface area contributed by atoms with Gasteiger partial charge in [-0.15, -0.1) is 0 Å². The summed E-state index contributed by atoms with van der Waals surface area (Å²) in [4.78, 5) is 12.0. The molecular weight excluding hydrogens is 234 g/mol. The highest BCUT2D eigenvalue weighted by molar-refractivity contribution is 6.29. The lowest BCUT2D eigenvalue weighted by Crippen LogP contribution is -2.37. The fraction of sp³-hybridized carbons (Fsp3) is 0.786. The van der Waals surface area contributed by atoms with Crippen LogP contribution in [0, 0.1) is 17.8 Å². The van der Waals surface area contributed by atoms with Crippen molar-refractivity contribution >= 4 is 17.5 Å². The molecule has 3 unspecified atom stereocenters. The largest absolute Gasteiger partial charge is 0.351 e.